The molecule has 0 spiro atoms. The van der Waals surface area contributed by atoms with Crippen molar-refractivity contribution in [3.8, 4) is 0 Å². The van der Waals surface area contributed by atoms with Crippen molar-refractivity contribution < 1.29 is 24.1 Å². The Kier molecular flexibility index (Phi) is 1.90. The highest BCUT2D eigenvalue weighted by molar-refractivity contribution is 5.62. The fourth-order valence-corrected chi connectivity index (χ4v) is 1.45. The molecule has 2 aliphatic rings. The van der Waals surface area contributed by atoms with Gasteiger partial charge in [0.25, 0.3) is 0 Å². The van der Waals surface area contributed by atoms with E-state index in [4.69, 9.17) is 14.2 Å². The van der Waals surface area contributed by atoms with Gasteiger partial charge in [0, 0.05) is 0 Å². The Bertz CT molecular complexity index is 192. The van der Waals surface area contributed by atoms with Crippen LogP contribution in [0.25, 0.3) is 0 Å². The van der Waals surface area contributed by atoms with Crippen molar-refractivity contribution in [2.24, 2.45) is 0 Å². The first-order valence-corrected chi connectivity index (χ1v) is 3.94. The van der Waals surface area contributed by atoms with Gasteiger partial charge in [-0.3, -0.25) is 0 Å². The summed E-state index contributed by atoms with van der Waals surface area (Å²) >= 11 is 0. The molecule has 5 nitrogen and oxygen atoms in total. The van der Waals surface area contributed by atoms with Crippen LogP contribution in [0.3, 0.4) is 0 Å². The fraction of sp³-hybridized carbons (Fsp3) is 0.857. The third-order valence-corrected chi connectivity index (χ3v) is 2.05. The van der Waals surface area contributed by atoms with Crippen molar-refractivity contribution in [2.75, 3.05) is 6.61 Å². The molecular weight excluding hydrogens is 164 g/mol. The van der Waals surface area contributed by atoms with E-state index in [1.165, 1.54) is 0 Å². The number of aliphatic hydroxyl groups is 1. The van der Waals surface area contributed by atoms with E-state index in [1.807, 2.05) is 0 Å². The molecule has 0 amide bonds. The van der Waals surface area contributed by atoms with Crippen LogP contribution < -0.4 is 0 Å². The maximum atomic E-state index is 10.7. The molecule has 0 aromatic rings. The third kappa shape index (κ3) is 1.25. The maximum Gasteiger partial charge on any atom is 0.509 e. The van der Waals surface area contributed by atoms with E-state index in [0.717, 1.165) is 6.42 Å². The molecule has 0 radical (unpaired) electrons. The molecular formula is C7H10O5. The van der Waals surface area contributed by atoms with E-state index in [1.54, 1.807) is 0 Å². The van der Waals surface area contributed by atoms with Gasteiger partial charge in [-0.1, -0.05) is 0 Å². The van der Waals surface area contributed by atoms with Gasteiger partial charge in [0.05, 0.1) is 6.61 Å². The predicted molar refractivity (Wildman–Crippen MR) is 36.3 cm³/mol. The van der Waals surface area contributed by atoms with Crippen molar-refractivity contribution in [2.45, 2.75) is 31.3 Å². The zero-order chi connectivity index (χ0) is 8.55. The summed E-state index contributed by atoms with van der Waals surface area (Å²) in [6, 6.07) is 0. The van der Waals surface area contributed by atoms with Crippen molar-refractivity contribution in [1.82, 2.24) is 0 Å². The van der Waals surface area contributed by atoms with Gasteiger partial charge in [0.1, 0.15) is 6.10 Å². The zero-order valence-electron chi connectivity index (χ0n) is 6.43. The van der Waals surface area contributed by atoms with E-state index < -0.39 is 18.5 Å². The maximum absolute atomic E-state index is 10.7. The largest absolute Gasteiger partial charge is 0.509 e. The molecule has 3 atom stereocenters. The highest BCUT2D eigenvalue weighted by Gasteiger charge is 2.43. The monoisotopic (exact) mass is 174 g/mol. The van der Waals surface area contributed by atoms with Crippen LogP contribution in [0.15, 0.2) is 0 Å². The molecule has 2 aliphatic heterocycles. The van der Waals surface area contributed by atoms with E-state index in [0.29, 0.717) is 13.0 Å². The van der Waals surface area contributed by atoms with Gasteiger partial charge in [-0.05, 0) is 12.8 Å². The highest BCUT2D eigenvalue weighted by atomic mass is 16.8. The lowest BCUT2D eigenvalue weighted by Crippen LogP contribution is -2.34. The summed E-state index contributed by atoms with van der Waals surface area (Å²) < 4.78 is 14.5. The topological polar surface area (TPSA) is 65.0 Å². The molecule has 0 aromatic heterocycles. The second-order valence-electron chi connectivity index (χ2n) is 2.89. The van der Waals surface area contributed by atoms with Crippen molar-refractivity contribution in [3.05, 3.63) is 0 Å². The van der Waals surface area contributed by atoms with E-state index >= 15 is 0 Å². The van der Waals surface area contributed by atoms with Crippen molar-refractivity contribution in [3.63, 3.8) is 0 Å². The standard InChI is InChI=1S/C7H10O5/c8-6-5-4(2-1-3-10-6)11-7(9)12-5/h4-6,8H,1-3H2/t4-,5-,6?/m1/s1. The lowest BCUT2D eigenvalue weighted by molar-refractivity contribution is -0.150. The van der Waals surface area contributed by atoms with Crippen LogP contribution >= 0.6 is 0 Å². The number of rotatable bonds is 0. The van der Waals surface area contributed by atoms with Crippen LogP contribution in [-0.4, -0.2) is 36.4 Å². The average Bonchev–Trinajstić information content (AvgIpc) is 2.33. The second-order valence-corrected chi connectivity index (χ2v) is 2.89. The van der Waals surface area contributed by atoms with Crippen LogP contribution in [0.4, 0.5) is 4.79 Å². The first-order valence-electron chi connectivity index (χ1n) is 3.94. The summed E-state index contributed by atoms with van der Waals surface area (Å²) in [5.41, 5.74) is 0. The molecule has 0 aliphatic carbocycles. The predicted octanol–water partition coefficient (Wildman–Crippen LogP) is 0.0192. The minimum absolute atomic E-state index is 0.338. The zero-order valence-corrected chi connectivity index (χ0v) is 6.43. The molecule has 2 rings (SSSR count). The molecule has 2 heterocycles. The Morgan fingerprint density at radius 3 is 3.08 bits per heavy atom. The third-order valence-electron chi connectivity index (χ3n) is 2.05. The quantitative estimate of drug-likeness (QED) is 0.524. The molecule has 0 bridgehead atoms. The van der Waals surface area contributed by atoms with E-state index in [2.05, 4.69) is 0 Å². The number of carbonyl (C=O) groups is 1. The lowest BCUT2D eigenvalue weighted by Gasteiger charge is -2.15. The Morgan fingerprint density at radius 2 is 2.25 bits per heavy atom. The van der Waals surface area contributed by atoms with Gasteiger partial charge in [-0.2, -0.15) is 0 Å². The smallest absolute Gasteiger partial charge is 0.427 e. The number of hydrogen-bond acceptors (Lipinski definition) is 5. The number of carbonyl (C=O) groups excluding carboxylic acids is 1. The summed E-state index contributed by atoms with van der Waals surface area (Å²) in [5.74, 6) is 0. The van der Waals surface area contributed by atoms with Crippen LogP contribution in [0.2, 0.25) is 0 Å². The molecule has 1 N–H and O–H groups in total. The summed E-state index contributed by atoms with van der Waals surface area (Å²) in [5, 5.41) is 9.30. The molecule has 1 unspecified atom stereocenters. The first-order chi connectivity index (χ1) is 5.77. The van der Waals surface area contributed by atoms with Gasteiger partial charge in [0.15, 0.2) is 12.4 Å². The van der Waals surface area contributed by atoms with Crippen LogP contribution in [-0.2, 0) is 14.2 Å². The molecule has 0 aromatic carbocycles. The second kappa shape index (κ2) is 2.91. The van der Waals surface area contributed by atoms with Crippen molar-refractivity contribution >= 4 is 6.16 Å². The Hall–Kier alpha value is -0.810. The Labute approximate surface area is 69.2 Å². The van der Waals surface area contributed by atoms with Gasteiger partial charge in [-0.15, -0.1) is 0 Å². The molecule has 12 heavy (non-hydrogen) atoms. The number of fused-ring (bicyclic) bond motifs is 1. The summed E-state index contributed by atoms with van der Waals surface area (Å²) in [7, 11) is 0. The van der Waals surface area contributed by atoms with Gasteiger partial charge in [-0.25, -0.2) is 4.79 Å². The minimum Gasteiger partial charge on any atom is -0.427 e. The molecule has 5 heteroatoms. The molecule has 2 saturated heterocycles. The normalized spacial score (nSPS) is 41.1. The summed E-state index contributed by atoms with van der Waals surface area (Å²) in [6.07, 6.45) is -1.27. The first kappa shape index (κ1) is 7.82. The molecule has 68 valence electrons. The van der Waals surface area contributed by atoms with Gasteiger partial charge < -0.3 is 19.3 Å². The molecule has 0 saturated carbocycles. The van der Waals surface area contributed by atoms with Gasteiger partial charge in [0.2, 0.25) is 0 Å². The van der Waals surface area contributed by atoms with Crippen LogP contribution in [0.1, 0.15) is 12.8 Å². The number of aliphatic hydroxyl groups excluding tert-OH is 1. The SMILES string of the molecule is O=C1O[C@@H]2CCCOC(O)[C@@H]2O1. The minimum atomic E-state index is -1.04. The van der Waals surface area contributed by atoms with Crippen LogP contribution in [0.5, 0.6) is 0 Å². The average molecular weight is 174 g/mol. The van der Waals surface area contributed by atoms with Crippen LogP contribution in [0, 0.1) is 0 Å². The highest BCUT2D eigenvalue weighted by Crippen LogP contribution is 2.25. The summed E-state index contributed by atoms with van der Waals surface area (Å²) in [6.45, 7) is 0.481. The fourth-order valence-electron chi connectivity index (χ4n) is 1.45. The lowest BCUT2D eigenvalue weighted by atomic mass is 10.1. The van der Waals surface area contributed by atoms with Gasteiger partial charge >= 0.3 is 6.16 Å². The van der Waals surface area contributed by atoms with E-state index in [9.17, 15) is 9.90 Å². The summed E-state index contributed by atoms with van der Waals surface area (Å²) in [4.78, 5) is 10.7. The number of ether oxygens (including phenoxy) is 3. The van der Waals surface area contributed by atoms with Crippen molar-refractivity contribution in [1.29, 1.82) is 0 Å². The van der Waals surface area contributed by atoms with E-state index in [-0.39, 0.29) is 6.10 Å². The Balaban J connectivity index is 2.09. The number of hydrogen-bond donors (Lipinski definition) is 1. The molecule has 2 fully saturated rings. The Morgan fingerprint density at radius 1 is 1.42 bits per heavy atom.